The Bertz CT molecular complexity index is 341. The smallest absolute Gasteiger partial charge is 0.0175 e. The first-order valence-electron chi connectivity index (χ1n) is 7.25. The highest BCUT2D eigenvalue weighted by molar-refractivity contribution is 9.10. The molecule has 1 aromatic carbocycles. The van der Waals surface area contributed by atoms with E-state index < -0.39 is 0 Å². The summed E-state index contributed by atoms with van der Waals surface area (Å²) in [4.78, 5) is 0. The second-order valence-electron chi connectivity index (χ2n) is 5.44. The van der Waals surface area contributed by atoms with E-state index in [2.05, 4.69) is 52.4 Å². The molecule has 1 saturated carbocycles. The van der Waals surface area contributed by atoms with Crippen molar-refractivity contribution in [1.29, 1.82) is 0 Å². The van der Waals surface area contributed by atoms with Crippen LogP contribution in [-0.2, 0) is 0 Å². The molecule has 2 rings (SSSR count). The molecule has 1 aromatic rings. The van der Waals surface area contributed by atoms with Crippen LogP contribution in [0.2, 0.25) is 0 Å². The van der Waals surface area contributed by atoms with Gasteiger partial charge >= 0.3 is 0 Å². The first-order chi connectivity index (χ1) is 8.79. The highest BCUT2D eigenvalue weighted by Gasteiger charge is 2.21. The van der Waals surface area contributed by atoms with E-state index in [1.807, 2.05) is 0 Å². The molecule has 1 aliphatic carbocycles. The molecule has 0 aliphatic heterocycles. The van der Waals surface area contributed by atoms with Crippen molar-refractivity contribution in [3.63, 3.8) is 0 Å². The van der Waals surface area contributed by atoms with Crippen molar-refractivity contribution >= 4 is 15.9 Å². The van der Waals surface area contributed by atoms with E-state index in [-0.39, 0.29) is 0 Å². The van der Waals surface area contributed by atoms with Gasteiger partial charge in [0.15, 0.2) is 0 Å². The molecule has 0 amide bonds. The minimum Gasteiger partial charge on any atom is -0.316 e. The van der Waals surface area contributed by atoms with Crippen molar-refractivity contribution in [1.82, 2.24) is 5.32 Å². The number of hydrogen-bond donors (Lipinski definition) is 1. The summed E-state index contributed by atoms with van der Waals surface area (Å²) in [7, 11) is 0. The molecule has 0 heterocycles. The Morgan fingerprint density at radius 2 is 1.89 bits per heavy atom. The zero-order valence-electron chi connectivity index (χ0n) is 11.3. The summed E-state index contributed by atoms with van der Waals surface area (Å²) in [5.41, 5.74) is 1.49. The summed E-state index contributed by atoms with van der Waals surface area (Å²) in [5.74, 6) is 1.64. The van der Waals surface area contributed by atoms with Crippen LogP contribution < -0.4 is 5.32 Å². The largest absolute Gasteiger partial charge is 0.316 e. The Hall–Kier alpha value is -0.340. The lowest BCUT2D eigenvalue weighted by molar-refractivity contribution is 0.430. The maximum atomic E-state index is 3.52. The Balaban J connectivity index is 2.00. The molecule has 2 heteroatoms. The van der Waals surface area contributed by atoms with Gasteiger partial charge in [0.05, 0.1) is 0 Å². The highest BCUT2D eigenvalue weighted by Crippen LogP contribution is 2.34. The van der Waals surface area contributed by atoms with Gasteiger partial charge in [0.1, 0.15) is 0 Å². The van der Waals surface area contributed by atoms with Crippen molar-refractivity contribution in [3.8, 4) is 0 Å². The topological polar surface area (TPSA) is 12.0 Å². The molecule has 0 radical (unpaired) electrons. The van der Waals surface area contributed by atoms with Crippen molar-refractivity contribution in [3.05, 3.63) is 34.3 Å². The third-order valence-corrected chi connectivity index (χ3v) is 4.60. The molecule has 0 aromatic heterocycles. The molecular weight excluding hydrogens is 286 g/mol. The summed E-state index contributed by atoms with van der Waals surface area (Å²) < 4.78 is 1.18. The van der Waals surface area contributed by atoms with Crippen LogP contribution in [0.15, 0.2) is 28.7 Å². The molecule has 1 nitrogen and oxygen atoms in total. The Kier molecular flexibility index (Phi) is 5.71. The molecule has 1 fully saturated rings. The van der Waals surface area contributed by atoms with Crippen LogP contribution in [0.4, 0.5) is 0 Å². The number of benzene rings is 1. The van der Waals surface area contributed by atoms with Crippen molar-refractivity contribution < 1.29 is 0 Å². The summed E-state index contributed by atoms with van der Waals surface area (Å²) >= 11 is 3.52. The fraction of sp³-hybridized carbons (Fsp3) is 0.625. The molecule has 0 spiro atoms. The number of likely N-dealkylation sites (N-methyl/N-ethyl adjacent to an activating group) is 1. The van der Waals surface area contributed by atoms with Crippen LogP contribution >= 0.6 is 15.9 Å². The van der Waals surface area contributed by atoms with E-state index >= 15 is 0 Å². The van der Waals surface area contributed by atoms with Crippen LogP contribution in [0, 0.1) is 5.92 Å². The second-order valence-corrected chi connectivity index (χ2v) is 6.36. The lowest BCUT2D eigenvalue weighted by Crippen LogP contribution is -2.22. The van der Waals surface area contributed by atoms with Gasteiger partial charge in [-0.25, -0.2) is 0 Å². The first kappa shape index (κ1) is 14.1. The number of hydrogen-bond acceptors (Lipinski definition) is 1. The van der Waals surface area contributed by atoms with Gasteiger partial charge in [0, 0.05) is 11.0 Å². The van der Waals surface area contributed by atoms with Gasteiger partial charge in [-0.1, -0.05) is 60.7 Å². The lowest BCUT2D eigenvalue weighted by atomic mass is 9.88. The van der Waals surface area contributed by atoms with Gasteiger partial charge in [0.25, 0.3) is 0 Å². The monoisotopic (exact) mass is 309 g/mol. The molecule has 0 saturated heterocycles. The average molecular weight is 310 g/mol. The molecular formula is C16H24BrN. The van der Waals surface area contributed by atoms with E-state index in [0.29, 0.717) is 5.92 Å². The van der Waals surface area contributed by atoms with Crippen LogP contribution in [0.3, 0.4) is 0 Å². The quantitative estimate of drug-likeness (QED) is 0.801. The third-order valence-electron chi connectivity index (χ3n) is 4.07. The molecule has 0 bridgehead atoms. The van der Waals surface area contributed by atoms with Gasteiger partial charge in [-0.3, -0.25) is 0 Å². The normalized spacial score (nSPS) is 18.1. The molecule has 1 atom stereocenters. The first-order valence-corrected chi connectivity index (χ1v) is 8.05. The summed E-state index contributed by atoms with van der Waals surface area (Å²) in [6.45, 7) is 4.38. The van der Waals surface area contributed by atoms with Gasteiger partial charge in [0.2, 0.25) is 0 Å². The van der Waals surface area contributed by atoms with E-state index in [1.54, 1.807) is 0 Å². The summed E-state index contributed by atoms with van der Waals surface area (Å²) in [6, 6.07) is 8.90. The molecule has 1 unspecified atom stereocenters. The van der Waals surface area contributed by atoms with Gasteiger partial charge in [-0.05, 0) is 42.5 Å². The highest BCUT2D eigenvalue weighted by atomic mass is 79.9. The predicted molar refractivity (Wildman–Crippen MR) is 82.0 cm³/mol. The standard InChI is InChI=1S/C16H24BrN/c1-2-18-12-15(11-13-5-3-4-6-13)14-7-9-16(17)10-8-14/h7-10,13,15,18H,2-6,11-12H2,1H3. The zero-order chi connectivity index (χ0) is 12.8. The number of nitrogens with one attached hydrogen (secondary N) is 1. The van der Waals surface area contributed by atoms with Crippen molar-refractivity contribution in [2.45, 2.75) is 44.9 Å². The van der Waals surface area contributed by atoms with E-state index in [4.69, 9.17) is 0 Å². The van der Waals surface area contributed by atoms with Gasteiger partial charge in [-0.15, -0.1) is 0 Å². The summed E-state index contributed by atoms with van der Waals surface area (Å²) in [5, 5.41) is 3.52. The molecule has 100 valence electrons. The van der Waals surface area contributed by atoms with Crippen LogP contribution in [0.5, 0.6) is 0 Å². The zero-order valence-corrected chi connectivity index (χ0v) is 12.9. The SMILES string of the molecule is CCNCC(CC1CCCC1)c1ccc(Br)cc1. The molecule has 18 heavy (non-hydrogen) atoms. The van der Waals surface area contributed by atoms with Gasteiger partial charge in [-0.2, -0.15) is 0 Å². The fourth-order valence-corrected chi connectivity index (χ4v) is 3.30. The summed E-state index contributed by atoms with van der Waals surface area (Å²) in [6.07, 6.45) is 7.13. The molecule has 1 N–H and O–H groups in total. The van der Waals surface area contributed by atoms with Crippen molar-refractivity contribution in [2.24, 2.45) is 5.92 Å². The maximum Gasteiger partial charge on any atom is 0.0175 e. The number of halogens is 1. The fourth-order valence-electron chi connectivity index (χ4n) is 3.04. The van der Waals surface area contributed by atoms with E-state index in [1.165, 1.54) is 42.1 Å². The lowest BCUT2D eigenvalue weighted by Gasteiger charge is -2.21. The minimum atomic E-state index is 0.682. The average Bonchev–Trinajstić information content (AvgIpc) is 2.88. The van der Waals surface area contributed by atoms with Gasteiger partial charge < -0.3 is 5.32 Å². The van der Waals surface area contributed by atoms with Crippen LogP contribution in [0.1, 0.15) is 50.5 Å². The van der Waals surface area contributed by atoms with E-state index in [0.717, 1.165) is 19.0 Å². The maximum absolute atomic E-state index is 3.52. The Morgan fingerprint density at radius 3 is 2.50 bits per heavy atom. The minimum absolute atomic E-state index is 0.682. The van der Waals surface area contributed by atoms with Crippen molar-refractivity contribution in [2.75, 3.05) is 13.1 Å². The number of rotatable bonds is 6. The van der Waals surface area contributed by atoms with Crippen LogP contribution in [-0.4, -0.2) is 13.1 Å². The predicted octanol–water partition coefficient (Wildman–Crippen LogP) is 4.72. The van der Waals surface area contributed by atoms with E-state index in [9.17, 15) is 0 Å². The second kappa shape index (κ2) is 7.30. The third kappa shape index (κ3) is 4.10. The Morgan fingerprint density at radius 1 is 1.22 bits per heavy atom. The van der Waals surface area contributed by atoms with Crippen LogP contribution in [0.25, 0.3) is 0 Å². The Labute approximate surface area is 119 Å². The molecule has 1 aliphatic rings.